The Morgan fingerprint density at radius 3 is 2.18 bits per heavy atom. The third kappa shape index (κ3) is 4.66. The van der Waals surface area contributed by atoms with Gasteiger partial charge in [-0.1, -0.05) is 34.6 Å². The number of rotatable bonds is 7. The van der Waals surface area contributed by atoms with Crippen molar-refractivity contribution >= 4 is 5.97 Å². The molecule has 0 saturated heterocycles. The molecule has 0 aliphatic carbocycles. The summed E-state index contributed by atoms with van der Waals surface area (Å²) in [5, 5.41) is 8.77. The summed E-state index contributed by atoms with van der Waals surface area (Å²) in [5.41, 5.74) is -0.537. The normalized spacial score (nSPS) is 15.8. The lowest BCUT2D eigenvalue weighted by molar-refractivity contribution is -0.175. The van der Waals surface area contributed by atoms with Crippen molar-refractivity contribution in [3.8, 4) is 0 Å². The first-order chi connectivity index (χ1) is 7.68. The van der Waals surface area contributed by atoms with Gasteiger partial charge < -0.3 is 9.84 Å². The van der Waals surface area contributed by atoms with Gasteiger partial charge in [0.25, 0.3) is 0 Å². The predicted molar refractivity (Wildman–Crippen MR) is 69.7 cm³/mol. The van der Waals surface area contributed by atoms with Gasteiger partial charge in [-0.25, -0.2) is 0 Å². The van der Waals surface area contributed by atoms with Gasteiger partial charge in [0.1, 0.15) is 5.60 Å². The molecule has 102 valence electrons. The Bertz CT molecular complexity index is 246. The molecule has 0 saturated carbocycles. The van der Waals surface area contributed by atoms with Crippen LogP contribution in [0.5, 0.6) is 0 Å². The fourth-order valence-electron chi connectivity index (χ4n) is 2.00. The third-order valence-electron chi connectivity index (χ3n) is 3.77. The standard InChI is InChI=1S/C14H28O3/c1-7-13(4,5)14(6,10-11(2)3)17-12(16)8-9-15/h11,15H,7-10H2,1-6H3. The average molecular weight is 244 g/mol. The first kappa shape index (κ1) is 16.4. The fourth-order valence-corrected chi connectivity index (χ4v) is 2.00. The minimum atomic E-state index is -0.470. The number of aliphatic hydroxyl groups excluding tert-OH is 1. The molecule has 0 bridgehead atoms. The molecule has 0 rings (SSSR count). The molecule has 0 spiro atoms. The van der Waals surface area contributed by atoms with Crippen molar-refractivity contribution in [1.29, 1.82) is 0 Å². The van der Waals surface area contributed by atoms with Crippen molar-refractivity contribution in [2.24, 2.45) is 11.3 Å². The smallest absolute Gasteiger partial charge is 0.308 e. The molecule has 0 aliphatic rings. The Labute approximate surface area is 106 Å². The summed E-state index contributed by atoms with van der Waals surface area (Å²) in [6.45, 7) is 12.5. The molecule has 3 nitrogen and oxygen atoms in total. The van der Waals surface area contributed by atoms with Gasteiger partial charge in [-0.05, 0) is 25.7 Å². The van der Waals surface area contributed by atoms with E-state index in [9.17, 15) is 4.79 Å². The van der Waals surface area contributed by atoms with Crippen LogP contribution in [0.1, 0.15) is 60.8 Å². The number of carbonyl (C=O) groups excluding carboxylic acids is 1. The molecule has 0 aliphatic heterocycles. The van der Waals surface area contributed by atoms with Crippen LogP contribution in [0.3, 0.4) is 0 Å². The second-order valence-corrected chi connectivity index (χ2v) is 6.01. The van der Waals surface area contributed by atoms with Gasteiger partial charge in [0.15, 0.2) is 0 Å². The summed E-state index contributed by atoms with van der Waals surface area (Å²) < 4.78 is 5.65. The summed E-state index contributed by atoms with van der Waals surface area (Å²) in [6, 6.07) is 0. The lowest BCUT2D eigenvalue weighted by Crippen LogP contribution is -2.46. The molecule has 17 heavy (non-hydrogen) atoms. The summed E-state index contributed by atoms with van der Waals surface area (Å²) in [6.07, 6.45) is 1.86. The van der Waals surface area contributed by atoms with Crippen LogP contribution >= 0.6 is 0 Å². The van der Waals surface area contributed by atoms with Crippen LogP contribution in [0.15, 0.2) is 0 Å². The molecule has 0 aromatic heterocycles. The van der Waals surface area contributed by atoms with Crippen LogP contribution in [0.4, 0.5) is 0 Å². The highest BCUT2D eigenvalue weighted by molar-refractivity contribution is 5.70. The van der Waals surface area contributed by atoms with Crippen molar-refractivity contribution in [3.05, 3.63) is 0 Å². The Kier molecular flexibility index (Phi) is 6.17. The summed E-state index contributed by atoms with van der Waals surface area (Å²) in [5.74, 6) is 0.157. The summed E-state index contributed by atoms with van der Waals surface area (Å²) in [4.78, 5) is 11.6. The molecular weight excluding hydrogens is 216 g/mol. The largest absolute Gasteiger partial charge is 0.459 e. The van der Waals surface area contributed by atoms with Gasteiger partial charge in [0, 0.05) is 5.41 Å². The Hall–Kier alpha value is -0.570. The van der Waals surface area contributed by atoms with E-state index in [-0.39, 0.29) is 24.4 Å². The Morgan fingerprint density at radius 2 is 1.82 bits per heavy atom. The number of ether oxygens (including phenoxy) is 1. The Morgan fingerprint density at radius 1 is 1.29 bits per heavy atom. The molecule has 1 unspecified atom stereocenters. The van der Waals surface area contributed by atoms with Crippen molar-refractivity contribution in [2.45, 2.75) is 66.4 Å². The van der Waals surface area contributed by atoms with E-state index in [2.05, 4.69) is 34.6 Å². The van der Waals surface area contributed by atoms with Gasteiger partial charge in [-0.15, -0.1) is 0 Å². The van der Waals surface area contributed by atoms with E-state index < -0.39 is 5.60 Å². The van der Waals surface area contributed by atoms with Crippen LogP contribution < -0.4 is 0 Å². The zero-order chi connectivity index (χ0) is 13.7. The highest BCUT2D eigenvalue weighted by Crippen LogP contribution is 2.41. The van der Waals surface area contributed by atoms with Crippen molar-refractivity contribution in [3.63, 3.8) is 0 Å². The average Bonchev–Trinajstić information content (AvgIpc) is 2.16. The molecule has 0 fully saturated rings. The summed E-state index contributed by atoms with van der Waals surface area (Å²) in [7, 11) is 0. The van der Waals surface area contributed by atoms with Gasteiger partial charge in [-0.3, -0.25) is 4.79 Å². The van der Waals surface area contributed by atoms with Crippen LogP contribution in [0.2, 0.25) is 0 Å². The molecule has 0 aromatic carbocycles. The number of aliphatic hydroxyl groups is 1. The van der Waals surface area contributed by atoms with Gasteiger partial charge >= 0.3 is 5.97 Å². The monoisotopic (exact) mass is 244 g/mol. The van der Waals surface area contributed by atoms with Crippen molar-refractivity contribution in [2.75, 3.05) is 6.61 Å². The van der Waals surface area contributed by atoms with Gasteiger partial charge in [0.05, 0.1) is 13.0 Å². The van der Waals surface area contributed by atoms with Gasteiger partial charge in [-0.2, -0.15) is 0 Å². The van der Waals surface area contributed by atoms with Crippen molar-refractivity contribution in [1.82, 2.24) is 0 Å². The van der Waals surface area contributed by atoms with Crippen LogP contribution in [-0.2, 0) is 9.53 Å². The van der Waals surface area contributed by atoms with E-state index in [0.717, 1.165) is 12.8 Å². The SMILES string of the molecule is CCC(C)(C)C(C)(CC(C)C)OC(=O)CCO. The van der Waals surface area contributed by atoms with E-state index in [1.54, 1.807) is 0 Å². The molecule has 0 radical (unpaired) electrons. The van der Waals surface area contributed by atoms with Crippen LogP contribution in [0.25, 0.3) is 0 Å². The van der Waals surface area contributed by atoms with Crippen molar-refractivity contribution < 1.29 is 14.6 Å². The Balaban J connectivity index is 4.91. The number of carbonyl (C=O) groups is 1. The second kappa shape index (κ2) is 6.39. The maximum atomic E-state index is 11.6. The zero-order valence-electron chi connectivity index (χ0n) is 12.2. The molecule has 0 amide bonds. The van der Waals surface area contributed by atoms with E-state index in [1.165, 1.54) is 0 Å². The minimum absolute atomic E-state index is 0.0671. The lowest BCUT2D eigenvalue weighted by atomic mass is 9.70. The quantitative estimate of drug-likeness (QED) is 0.700. The fraction of sp³-hybridized carbons (Fsp3) is 0.929. The van der Waals surface area contributed by atoms with E-state index in [1.807, 2.05) is 6.92 Å². The topological polar surface area (TPSA) is 46.5 Å². The highest BCUT2D eigenvalue weighted by Gasteiger charge is 2.43. The summed E-state index contributed by atoms with van der Waals surface area (Å²) >= 11 is 0. The molecule has 0 heterocycles. The maximum Gasteiger partial charge on any atom is 0.308 e. The van der Waals surface area contributed by atoms with E-state index in [0.29, 0.717) is 5.92 Å². The number of hydrogen-bond acceptors (Lipinski definition) is 3. The van der Waals surface area contributed by atoms with Gasteiger partial charge in [0.2, 0.25) is 0 Å². The first-order valence-corrected chi connectivity index (χ1v) is 6.51. The third-order valence-corrected chi connectivity index (χ3v) is 3.77. The number of esters is 1. The first-order valence-electron chi connectivity index (χ1n) is 6.51. The van der Waals surface area contributed by atoms with Crippen LogP contribution in [-0.4, -0.2) is 23.3 Å². The molecule has 1 atom stereocenters. The molecule has 3 heteroatoms. The number of hydrogen-bond donors (Lipinski definition) is 1. The second-order valence-electron chi connectivity index (χ2n) is 6.01. The minimum Gasteiger partial charge on any atom is -0.459 e. The zero-order valence-corrected chi connectivity index (χ0v) is 12.2. The molecule has 0 aromatic rings. The maximum absolute atomic E-state index is 11.6. The predicted octanol–water partition coefficient (Wildman–Crippen LogP) is 3.15. The van der Waals surface area contributed by atoms with E-state index in [4.69, 9.17) is 9.84 Å². The molecule has 1 N–H and O–H groups in total. The van der Waals surface area contributed by atoms with E-state index >= 15 is 0 Å². The van der Waals surface area contributed by atoms with Crippen LogP contribution in [0, 0.1) is 11.3 Å². The lowest BCUT2D eigenvalue weighted by Gasteiger charge is -2.44. The highest BCUT2D eigenvalue weighted by atomic mass is 16.6. The molecular formula is C14H28O3.